The summed E-state index contributed by atoms with van der Waals surface area (Å²) in [6.45, 7) is 29.0. The van der Waals surface area contributed by atoms with Crippen molar-refractivity contribution >= 4 is 66.7 Å². The van der Waals surface area contributed by atoms with E-state index in [-0.39, 0.29) is 6.71 Å². The Morgan fingerprint density at radius 3 is 1.40 bits per heavy atom. The highest BCUT2D eigenvalue weighted by atomic mass is 15.1. The third-order valence-corrected chi connectivity index (χ3v) is 19.6. The summed E-state index contributed by atoms with van der Waals surface area (Å²) in [4.78, 5) is 0. The molecule has 5 heterocycles. The highest BCUT2D eigenvalue weighted by Crippen LogP contribution is 2.63. The van der Waals surface area contributed by atoms with Gasteiger partial charge in [-0.15, -0.1) is 0 Å². The lowest BCUT2D eigenvalue weighted by Crippen LogP contribution is -2.61. The van der Waals surface area contributed by atoms with Crippen molar-refractivity contribution in [2.45, 2.75) is 112 Å². The first kappa shape index (κ1) is 44.2. The molecule has 0 N–H and O–H groups in total. The van der Waals surface area contributed by atoms with Crippen molar-refractivity contribution in [3.05, 3.63) is 184 Å². The number of hydrogen-bond donors (Lipinski definition) is 0. The minimum Gasteiger partial charge on any atom is -0.310 e. The predicted octanol–water partition coefficient (Wildman–Crippen LogP) is 16.4. The average molecular weight is 935 g/mol. The van der Waals surface area contributed by atoms with Crippen LogP contribution in [0.5, 0.6) is 0 Å². The first-order valence-electron chi connectivity index (χ1n) is 27.5. The zero-order valence-corrected chi connectivity index (χ0v) is 44.4. The summed E-state index contributed by atoms with van der Waals surface area (Å²) in [6.07, 6.45) is 0. The number of fused-ring (bicyclic) bond motifs is 14. The number of rotatable bonds is 9. The lowest BCUT2D eigenvalue weighted by molar-refractivity contribution is 0.534. The van der Waals surface area contributed by atoms with Crippen LogP contribution in [-0.4, -0.2) is 15.8 Å². The van der Waals surface area contributed by atoms with Crippen LogP contribution in [-0.2, 0) is 5.41 Å². The molecule has 0 amide bonds. The molecule has 4 aliphatic rings. The molecule has 72 heavy (non-hydrogen) atoms. The third kappa shape index (κ3) is 5.48. The Morgan fingerprint density at radius 1 is 0.361 bits per heavy atom. The van der Waals surface area contributed by atoms with Gasteiger partial charge in [0.25, 0.3) is 6.71 Å². The fourth-order valence-electron chi connectivity index (χ4n) is 14.4. The fourth-order valence-corrected chi connectivity index (χ4v) is 14.4. The van der Waals surface area contributed by atoms with E-state index in [1.807, 2.05) is 0 Å². The van der Waals surface area contributed by atoms with Crippen LogP contribution >= 0.6 is 0 Å². The Labute approximate surface area is 427 Å². The Bertz CT molecular complexity index is 3920. The number of hydrogen-bond acceptors (Lipinski definition) is 0. The maximum atomic E-state index is 2.83. The predicted molar refractivity (Wildman–Crippen MR) is 309 cm³/mol. The quantitative estimate of drug-likeness (QED) is 0.128. The van der Waals surface area contributed by atoms with Gasteiger partial charge < -0.3 is 9.13 Å². The first-order chi connectivity index (χ1) is 34.7. The monoisotopic (exact) mass is 935 g/mol. The molecule has 0 saturated heterocycles. The number of aromatic nitrogens is 2. The standard InChI is InChI=1S/C69H67BN2/c1-36(2)40(9)45-26-27-62-52(28-45)53-30-47(42(11)38(5)6)33-60-65(53)71(62)67-51(44-20-14-13-15-21-44)35-59-68-63(67)70(60)61-34-48(43(12)39(7)8)31-55-54-29-46(41(10)37(3)4)32-58(64(54)72(68)66(55)61)69(59)56-24-18-16-22-49(56)50-23-17-19-25-57(50)69/h13-43H,1-12H3. The second kappa shape index (κ2) is 15.2. The highest BCUT2D eigenvalue weighted by molar-refractivity contribution is 7.00. The first-order valence-corrected chi connectivity index (χ1v) is 27.5. The van der Waals surface area contributed by atoms with E-state index in [1.165, 1.54) is 138 Å². The van der Waals surface area contributed by atoms with Crippen LogP contribution in [0, 0.1) is 23.7 Å². The van der Waals surface area contributed by atoms with E-state index < -0.39 is 5.41 Å². The molecule has 8 aromatic carbocycles. The van der Waals surface area contributed by atoms with Gasteiger partial charge in [-0.1, -0.05) is 186 Å². The maximum absolute atomic E-state index is 2.83. The largest absolute Gasteiger partial charge is 0.310 e. The van der Waals surface area contributed by atoms with Crippen LogP contribution in [0.2, 0.25) is 0 Å². The van der Waals surface area contributed by atoms with Crippen molar-refractivity contribution < 1.29 is 0 Å². The minimum absolute atomic E-state index is 0.00303. The molecule has 0 radical (unpaired) electrons. The summed E-state index contributed by atoms with van der Waals surface area (Å²) in [5, 5.41) is 5.58. The molecule has 4 atom stereocenters. The molecular weight excluding hydrogens is 868 g/mol. The summed E-state index contributed by atoms with van der Waals surface area (Å²) in [5.74, 6) is 3.56. The zero-order chi connectivity index (χ0) is 49.5. The average Bonchev–Trinajstić information content (AvgIpc) is 4.01. The second-order valence-corrected chi connectivity index (χ2v) is 24.3. The van der Waals surface area contributed by atoms with E-state index in [9.17, 15) is 0 Å². The van der Waals surface area contributed by atoms with Gasteiger partial charge in [-0.2, -0.15) is 0 Å². The van der Waals surface area contributed by atoms with Crippen molar-refractivity contribution in [2.75, 3.05) is 0 Å². The summed E-state index contributed by atoms with van der Waals surface area (Å²) in [7, 11) is 0. The van der Waals surface area contributed by atoms with Crippen LogP contribution in [0.25, 0.3) is 77.2 Å². The summed E-state index contributed by atoms with van der Waals surface area (Å²) >= 11 is 0. The SMILES string of the molecule is CC(C)C(C)c1ccc2c(c1)c1cc(C(C)C(C)C)cc3c1n2-c1c(-c2ccccc2)cc2c4c1B3c1cc(C(C)C(C)C)cc3c5cc(C(C)C(C)C)cc(c5n-4c13)C21c2ccccc2-c2ccccc21. The smallest absolute Gasteiger partial charge is 0.252 e. The normalized spacial score (nSPS) is 16.1. The van der Waals surface area contributed by atoms with E-state index in [0.717, 1.165) is 0 Å². The second-order valence-electron chi connectivity index (χ2n) is 24.3. The molecule has 1 spiro atoms. The van der Waals surface area contributed by atoms with Crippen LogP contribution in [0.4, 0.5) is 0 Å². The van der Waals surface area contributed by atoms with Gasteiger partial charge in [0.2, 0.25) is 0 Å². The van der Waals surface area contributed by atoms with Crippen molar-refractivity contribution in [1.29, 1.82) is 0 Å². The maximum Gasteiger partial charge on any atom is 0.252 e. The Kier molecular flexibility index (Phi) is 9.34. The molecule has 0 saturated carbocycles. The lowest BCUT2D eigenvalue weighted by Gasteiger charge is -2.45. The molecule has 3 aliphatic heterocycles. The van der Waals surface area contributed by atoms with Gasteiger partial charge in [-0.3, -0.25) is 0 Å². The van der Waals surface area contributed by atoms with E-state index in [2.05, 4.69) is 232 Å². The molecule has 10 aromatic rings. The van der Waals surface area contributed by atoms with E-state index >= 15 is 0 Å². The molecule has 14 rings (SSSR count). The van der Waals surface area contributed by atoms with Gasteiger partial charge in [0.1, 0.15) is 0 Å². The van der Waals surface area contributed by atoms with Crippen molar-refractivity contribution in [2.24, 2.45) is 23.7 Å². The molecule has 3 heteroatoms. The summed E-state index contributed by atoms with van der Waals surface area (Å²) in [6, 6.07) is 56.5. The molecule has 2 aromatic heterocycles. The molecule has 0 bridgehead atoms. The Morgan fingerprint density at radius 2 is 0.833 bits per heavy atom. The molecule has 2 nitrogen and oxygen atoms in total. The number of nitrogens with zero attached hydrogens (tertiary/aromatic N) is 2. The highest BCUT2D eigenvalue weighted by Gasteiger charge is 2.55. The van der Waals surface area contributed by atoms with Crippen LogP contribution < -0.4 is 16.4 Å². The van der Waals surface area contributed by atoms with Crippen molar-refractivity contribution in [3.63, 3.8) is 0 Å². The molecule has 0 fully saturated rings. The molecular formula is C69H67BN2. The van der Waals surface area contributed by atoms with Gasteiger partial charge in [-0.05, 0) is 161 Å². The molecule has 356 valence electrons. The van der Waals surface area contributed by atoms with Gasteiger partial charge in [0.15, 0.2) is 0 Å². The lowest BCUT2D eigenvalue weighted by atomic mass is 9.33. The topological polar surface area (TPSA) is 9.86 Å². The van der Waals surface area contributed by atoms with Crippen molar-refractivity contribution in [1.82, 2.24) is 9.13 Å². The van der Waals surface area contributed by atoms with E-state index in [1.54, 1.807) is 0 Å². The van der Waals surface area contributed by atoms with Crippen LogP contribution in [0.1, 0.15) is 151 Å². The zero-order valence-electron chi connectivity index (χ0n) is 44.4. The summed E-state index contributed by atoms with van der Waals surface area (Å²) in [5.41, 5.74) is 28.7. The fraction of sp³-hybridized carbons (Fsp3) is 0.304. The van der Waals surface area contributed by atoms with Crippen LogP contribution in [0.3, 0.4) is 0 Å². The Balaban J connectivity index is 1.28. The van der Waals surface area contributed by atoms with Gasteiger partial charge in [0.05, 0.1) is 22.1 Å². The molecule has 1 aliphatic carbocycles. The van der Waals surface area contributed by atoms with E-state index in [4.69, 9.17) is 0 Å². The van der Waals surface area contributed by atoms with Crippen molar-refractivity contribution in [3.8, 4) is 33.6 Å². The Hall–Kier alpha value is -6.58. The number of benzene rings is 8. The summed E-state index contributed by atoms with van der Waals surface area (Å²) < 4.78 is 5.59. The van der Waals surface area contributed by atoms with E-state index in [0.29, 0.717) is 47.3 Å². The molecule has 4 unspecified atom stereocenters. The van der Waals surface area contributed by atoms with Gasteiger partial charge in [0, 0.05) is 43.8 Å². The van der Waals surface area contributed by atoms with Gasteiger partial charge >= 0.3 is 0 Å². The minimum atomic E-state index is -0.573. The third-order valence-electron chi connectivity index (χ3n) is 19.6. The van der Waals surface area contributed by atoms with Gasteiger partial charge in [-0.25, -0.2) is 0 Å². The van der Waals surface area contributed by atoms with Crippen LogP contribution in [0.15, 0.2) is 140 Å².